The van der Waals surface area contributed by atoms with Crippen LogP contribution in [0, 0.1) is 11.6 Å². The predicted octanol–water partition coefficient (Wildman–Crippen LogP) is 1.75. The molecule has 3 heterocycles. The van der Waals surface area contributed by atoms with E-state index in [-0.39, 0.29) is 18.0 Å². The van der Waals surface area contributed by atoms with Crippen LogP contribution in [0.4, 0.5) is 8.78 Å². The first-order valence-corrected chi connectivity index (χ1v) is 11.8. The molecule has 30 heavy (non-hydrogen) atoms. The number of piperidine rings is 1. The molecule has 0 bridgehead atoms. The number of halogens is 2. The second kappa shape index (κ2) is 8.16. The quantitative estimate of drug-likeness (QED) is 0.786. The van der Waals surface area contributed by atoms with E-state index in [1.807, 2.05) is 4.90 Å². The van der Waals surface area contributed by atoms with Gasteiger partial charge in [0.15, 0.2) is 0 Å². The van der Waals surface area contributed by atoms with Crippen LogP contribution in [-0.4, -0.2) is 53.5 Å². The monoisotopic (exact) mass is 438 g/mol. The molecule has 162 valence electrons. The molecular weight excluding hydrogens is 414 g/mol. The standard InChI is InChI=1S/C20H24F2N4O3S/c1-30(28,29)26-8-6-18-16(12-26)20(27)24-19(23-18)13-3-2-7-25(10-13)11-14-9-15(21)4-5-17(14)22/h4-5,9,13H,2-3,6-8,10-12H2,1H3,(H,23,24,27)/t13-/m0/s1. The van der Waals surface area contributed by atoms with Crippen LogP contribution in [-0.2, 0) is 29.5 Å². The Labute approximate surface area is 173 Å². The number of benzene rings is 1. The third-order valence-electron chi connectivity index (χ3n) is 5.81. The summed E-state index contributed by atoms with van der Waals surface area (Å²) >= 11 is 0. The molecule has 0 amide bonds. The number of rotatable bonds is 4. The number of sulfonamides is 1. The second-order valence-electron chi connectivity index (χ2n) is 8.03. The first-order chi connectivity index (χ1) is 14.2. The summed E-state index contributed by atoms with van der Waals surface area (Å²) in [6, 6.07) is 3.45. The van der Waals surface area contributed by atoms with Crippen molar-refractivity contribution < 1.29 is 17.2 Å². The Morgan fingerprint density at radius 2 is 2.07 bits per heavy atom. The highest BCUT2D eigenvalue weighted by atomic mass is 32.2. The van der Waals surface area contributed by atoms with E-state index in [0.717, 1.165) is 37.8 Å². The van der Waals surface area contributed by atoms with Crippen molar-refractivity contribution >= 4 is 10.0 Å². The first kappa shape index (κ1) is 21.1. The smallest absolute Gasteiger partial charge is 0.255 e. The van der Waals surface area contributed by atoms with Gasteiger partial charge in [-0.2, -0.15) is 4.31 Å². The van der Waals surface area contributed by atoms with E-state index < -0.39 is 21.7 Å². The van der Waals surface area contributed by atoms with Gasteiger partial charge in [-0.05, 0) is 37.6 Å². The van der Waals surface area contributed by atoms with Crippen molar-refractivity contribution in [1.82, 2.24) is 19.2 Å². The normalized spacial score (nSPS) is 20.8. The van der Waals surface area contributed by atoms with E-state index >= 15 is 0 Å². The van der Waals surface area contributed by atoms with Gasteiger partial charge in [0.2, 0.25) is 10.0 Å². The van der Waals surface area contributed by atoms with Crippen LogP contribution < -0.4 is 5.56 Å². The van der Waals surface area contributed by atoms with Crippen molar-refractivity contribution in [2.45, 2.75) is 38.3 Å². The topological polar surface area (TPSA) is 86.4 Å². The van der Waals surface area contributed by atoms with Gasteiger partial charge in [0.1, 0.15) is 17.5 Å². The van der Waals surface area contributed by atoms with Crippen molar-refractivity contribution in [3.8, 4) is 0 Å². The zero-order valence-electron chi connectivity index (χ0n) is 16.7. The lowest BCUT2D eigenvalue weighted by Gasteiger charge is -2.33. The summed E-state index contributed by atoms with van der Waals surface area (Å²) in [6.07, 6.45) is 3.21. The molecule has 7 nitrogen and oxygen atoms in total. The summed E-state index contributed by atoms with van der Waals surface area (Å²) in [5.41, 5.74) is 1.03. The number of hydrogen-bond acceptors (Lipinski definition) is 5. The third kappa shape index (κ3) is 4.45. The van der Waals surface area contributed by atoms with Crippen LogP contribution in [0.25, 0.3) is 0 Å². The number of aromatic amines is 1. The summed E-state index contributed by atoms with van der Waals surface area (Å²) in [5.74, 6) is -0.352. The summed E-state index contributed by atoms with van der Waals surface area (Å²) in [7, 11) is -3.37. The lowest BCUT2D eigenvalue weighted by atomic mass is 9.96. The summed E-state index contributed by atoms with van der Waals surface area (Å²) < 4.78 is 52.3. The molecule has 0 unspecified atom stereocenters. The maximum atomic E-state index is 14.0. The van der Waals surface area contributed by atoms with Gasteiger partial charge >= 0.3 is 0 Å². The Morgan fingerprint density at radius 3 is 2.83 bits per heavy atom. The highest BCUT2D eigenvalue weighted by molar-refractivity contribution is 7.88. The zero-order chi connectivity index (χ0) is 21.5. The van der Waals surface area contributed by atoms with Crippen molar-refractivity contribution in [2.75, 3.05) is 25.9 Å². The molecule has 1 aromatic heterocycles. The van der Waals surface area contributed by atoms with Gasteiger partial charge in [-0.3, -0.25) is 9.69 Å². The van der Waals surface area contributed by atoms with Crippen molar-refractivity contribution in [1.29, 1.82) is 0 Å². The molecule has 0 aliphatic carbocycles. The van der Waals surface area contributed by atoms with E-state index in [4.69, 9.17) is 0 Å². The van der Waals surface area contributed by atoms with Crippen molar-refractivity contribution in [3.05, 3.63) is 62.8 Å². The van der Waals surface area contributed by atoms with Gasteiger partial charge in [-0.1, -0.05) is 0 Å². The predicted molar refractivity (Wildman–Crippen MR) is 107 cm³/mol. The Hall–Kier alpha value is -2.17. The van der Waals surface area contributed by atoms with E-state index in [1.165, 1.54) is 10.4 Å². The maximum absolute atomic E-state index is 14.0. The SMILES string of the molecule is CS(=O)(=O)N1CCc2nc([C@H]3CCCN(Cc4cc(F)ccc4F)C3)[nH]c(=O)c2C1. The van der Waals surface area contributed by atoms with E-state index in [9.17, 15) is 22.0 Å². The van der Waals surface area contributed by atoms with Crippen LogP contribution in [0.5, 0.6) is 0 Å². The fourth-order valence-corrected chi connectivity index (χ4v) is 5.01. The van der Waals surface area contributed by atoms with Crippen LogP contribution in [0.3, 0.4) is 0 Å². The van der Waals surface area contributed by atoms with Crippen molar-refractivity contribution in [2.24, 2.45) is 0 Å². The van der Waals surface area contributed by atoms with E-state index in [0.29, 0.717) is 48.7 Å². The third-order valence-corrected chi connectivity index (χ3v) is 7.06. The van der Waals surface area contributed by atoms with Crippen LogP contribution in [0.2, 0.25) is 0 Å². The number of H-pyrrole nitrogens is 1. The maximum Gasteiger partial charge on any atom is 0.255 e. The van der Waals surface area contributed by atoms with E-state index in [2.05, 4.69) is 9.97 Å². The van der Waals surface area contributed by atoms with Crippen LogP contribution in [0.1, 0.15) is 41.4 Å². The van der Waals surface area contributed by atoms with Gasteiger partial charge in [-0.15, -0.1) is 0 Å². The summed E-state index contributed by atoms with van der Waals surface area (Å²) in [5, 5.41) is 0. The highest BCUT2D eigenvalue weighted by Gasteiger charge is 2.29. The van der Waals surface area contributed by atoms with Crippen LogP contribution >= 0.6 is 0 Å². The number of nitrogens with one attached hydrogen (secondary N) is 1. The molecule has 2 aliphatic rings. The molecule has 1 N–H and O–H groups in total. The number of hydrogen-bond donors (Lipinski definition) is 1. The minimum Gasteiger partial charge on any atom is -0.310 e. The summed E-state index contributed by atoms with van der Waals surface area (Å²) in [4.78, 5) is 22.2. The molecule has 1 fully saturated rings. The molecule has 0 spiro atoms. The molecule has 0 saturated carbocycles. The Morgan fingerprint density at radius 1 is 1.27 bits per heavy atom. The first-order valence-electron chi connectivity index (χ1n) is 9.94. The average molecular weight is 439 g/mol. The fraction of sp³-hybridized carbons (Fsp3) is 0.500. The number of aromatic nitrogens is 2. The Balaban J connectivity index is 1.52. The molecule has 0 radical (unpaired) electrons. The average Bonchev–Trinajstić information content (AvgIpc) is 2.70. The lowest BCUT2D eigenvalue weighted by Crippen LogP contribution is -2.40. The molecule has 1 aromatic carbocycles. The van der Waals surface area contributed by atoms with Gasteiger partial charge < -0.3 is 4.98 Å². The van der Waals surface area contributed by atoms with Crippen LogP contribution in [0.15, 0.2) is 23.0 Å². The minimum absolute atomic E-state index is 0.0266. The minimum atomic E-state index is -3.37. The number of nitrogens with zero attached hydrogens (tertiary/aromatic N) is 3. The molecule has 2 aliphatic heterocycles. The molecule has 4 rings (SSSR count). The molecule has 1 saturated heterocycles. The van der Waals surface area contributed by atoms with Gasteiger partial charge in [0.05, 0.1) is 17.5 Å². The van der Waals surface area contributed by atoms with Gasteiger partial charge in [0.25, 0.3) is 5.56 Å². The Kier molecular flexibility index (Phi) is 5.73. The molecular formula is C20H24F2N4O3S. The van der Waals surface area contributed by atoms with Gasteiger partial charge in [-0.25, -0.2) is 22.2 Å². The number of likely N-dealkylation sites (tertiary alicyclic amines) is 1. The molecule has 2 aromatic rings. The second-order valence-corrected chi connectivity index (χ2v) is 10.0. The molecule has 1 atom stereocenters. The molecule has 10 heteroatoms. The Bertz CT molecular complexity index is 1120. The van der Waals surface area contributed by atoms with E-state index in [1.54, 1.807) is 0 Å². The number of fused-ring (bicyclic) bond motifs is 1. The zero-order valence-corrected chi connectivity index (χ0v) is 17.5. The van der Waals surface area contributed by atoms with Crippen molar-refractivity contribution in [3.63, 3.8) is 0 Å². The summed E-state index contributed by atoms with van der Waals surface area (Å²) in [6.45, 7) is 1.96. The van der Waals surface area contributed by atoms with Gasteiger partial charge in [0, 0.05) is 44.1 Å². The lowest BCUT2D eigenvalue weighted by molar-refractivity contribution is 0.193. The highest BCUT2D eigenvalue weighted by Crippen LogP contribution is 2.27. The fourth-order valence-electron chi connectivity index (χ4n) is 4.22. The largest absolute Gasteiger partial charge is 0.310 e.